The maximum atomic E-state index is 11.4. The number of nitrogens with zero attached hydrogens (tertiary/aromatic N) is 1. The van der Waals surface area contributed by atoms with Gasteiger partial charge in [0.2, 0.25) is 0 Å². The van der Waals surface area contributed by atoms with Gasteiger partial charge in [-0.1, -0.05) is 12.2 Å². The molecule has 0 atom stereocenters. The minimum absolute atomic E-state index is 0.0875. The molecule has 0 aromatic carbocycles. The van der Waals surface area contributed by atoms with Crippen molar-refractivity contribution in [3.8, 4) is 0 Å². The smallest absolute Gasteiger partial charge is 0.337 e. The summed E-state index contributed by atoms with van der Waals surface area (Å²) in [6, 6.07) is 2.53. The standard InChI is InChI=1S/C12H15NO4/c1-9(2)8-17-6-5-13-7-10(12(15)16)3-4-11(13)14/h3-4,7H,1,5-6,8H2,2H3,(H,15,16). The summed E-state index contributed by atoms with van der Waals surface area (Å²) < 4.78 is 6.57. The fourth-order valence-corrected chi connectivity index (χ4v) is 1.24. The number of aromatic carboxylic acids is 1. The first kappa shape index (κ1) is 13.2. The number of carboxylic acid groups (broad SMARTS) is 1. The molecule has 0 spiro atoms. The molecular weight excluding hydrogens is 222 g/mol. The van der Waals surface area contributed by atoms with E-state index in [1.807, 2.05) is 6.92 Å². The summed E-state index contributed by atoms with van der Waals surface area (Å²) in [6.45, 7) is 6.64. The summed E-state index contributed by atoms with van der Waals surface area (Å²) in [5, 5.41) is 8.79. The van der Waals surface area contributed by atoms with Crippen molar-refractivity contribution >= 4 is 5.97 Å². The molecule has 1 N–H and O–H groups in total. The lowest BCUT2D eigenvalue weighted by Crippen LogP contribution is -2.22. The van der Waals surface area contributed by atoms with Crippen LogP contribution in [0.3, 0.4) is 0 Å². The summed E-state index contributed by atoms with van der Waals surface area (Å²) in [4.78, 5) is 22.1. The van der Waals surface area contributed by atoms with Crippen LogP contribution in [0.25, 0.3) is 0 Å². The minimum Gasteiger partial charge on any atom is -0.478 e. The fourth-order valence-electron chi connectivity index (χ4n) is 1.24. The molecule has 0 aliphatic carbocycles. The van der Waals surface area contributed by atoms with Gasteiger partial charge in [0.25, 0.3) is 5.56 Å². The minimum atomic E-state index is -1.05. The first-order valence-electron chi connectivity index (χ1n) is 5.16. The van der Waals surface area contributed by atoms with Gasteiger partial charge in [0, 0.05) is 18.8 Å². The van der Waals surface area contributed by atoms with Crippen LogP contribution in [0.1, 0.15) is 17.3 Å². The summed E-state index contributed by atoms with van der Waals surface area (Å²) in [5.74, 6) is -1.05. The molecule has 17 heavy (non-hydrogen) atoms. The van der Waals surface area contributed by atoms with E-state index in [4.69, 9.17) is 9.84 Å². The van der Waals surface area contributed by atoms with Crippen molar-refractivity contribution in [1.29, 1.82) is 0 Å². The molecule has 0 aliphatic heterocycles. The van der Waals surface area contributed by atoms with E-state index in [1.165, 1.54) is 22.9 Å². The molecule has 1 aromatic heterocycles. The van der Waals surface area contributed by atoms with E-state index in [2.05, 4.69) is 6.58 Å². The van der Waals surface area contributed by atoms with Crippen molar-refractivity contribution in [2.75, 3.05) is 13.2 Å². The second-order valence-corrected chi connectivity index (χ2v) is 3.76. The van der Waals surface area contributed by atoms with Crippen molar-refractivity contribution in [3.05, 3.63) is 46.4 Å². The Morgan fingerprint density at radius 2 is 2.24 bits per heavy atom. The van der Waals surface area contributed by atoms with Gasteiger partial charge < -0.3 is 14.4 Å². The predicted molar refractivity (Wildman–Crippen MR) is 63.3 cm³/mol. The molecule has 0 amide bonds. The van der Waals surface area contributed by atoms with Crippen molar-refractivity contribution in [2.45, 2.75) is 13.5 Å². The summed E-state index contributed by atoms with van der Waals surface area (Å²) in [5.41, 5.74) is 0.745. The quantitative estimate of drug-likeness (QED) is 0.595. The normalized spacial score (nSPS) is 10.2. The van der Waals surface area contributed by atoms with Gasteiger partial charge in [0.1, 0.15) is 0 Å². The Balaban J connectivity index is 2.64. The zero-order valence-electron chi connectivity index (χ0n) is 9.68. The Bertz CT molecular complexity index is 476. The lowest BCUT2D eigenvalue weighted by Gasteiger charge is -2.07. The predicted octanol–water partition coefficient (Wildman–Crippen LogP) is 1.14. The van der Waals surface area contributed by atoms with Crippen LogP contribution in [-0.2, 0) is 11.3 Å². The highest BCUT2D eigenvalue weighted by Gasteiger charge is 2.04. The van der Waals surface area contributed by atoms with Gasteiger partial charge in [-0.2, -0.15) is 0 Å². The Morgan fingerprint density at radius 1 is 1.53 bits per heavy atom. The second kappa shape index (κ2) is 6.00. The lowest BCUT2D eigenvalue weighted by atomic mass is 10.3. The number of hydrogen-bond donors (Lipinski definition) is 1. The molecule has 0 unspecified atom stereocenters. The number of ether oxygens (including phenoxy) is 1. The molecule has 0 saturated carbocycles. The van der Waals surface area contributed by atoms with Gasteiger partial charge in [0.15, 0.2) is 0 Å². The van der Waals surface area contributed by atoms with E-state index in [0.29, 0.717) is 19.8 Å². The first-order chi connectivity index (χ1) is 8.00. The van der Waals surface area contributed by atoms with Gasteiger partial charge in [0.05, 0.1) is 18.8 Å². The zero-order valence-corrected chi connectivity index (χ0v) is 9.68. The number of carboxylic acids is 1. The maximum absolute atomic E-state index is 11.4. The van der Waals surface area contributed by atoms with Gasteiger partial charge in [-0.15, -0.1) is 0 Å². The molecule has 1 aromatic rings. The maximum Gasteiger partial charge on any atom is 0.337 e. The van der Waals surface area contributed by atoms with Crippen LogP contribution in [0, 0.1) is 0 Å². The van der Waals surface area contributed by atoms with E-state index < -0.39 is 5.97 Å². The van der Waals surface area contributed by atoms with Crippen LogP contribution in [0.4, 0.5) is 0 Å². The Labute approximate surface area is 99.0 Å². The molecule has 92 valence electrons. The first-order valence-corrected chi connectivity index (χ1v) is 5.16. The highest BCUT2D eigenvalue weighted by Crippen LogP contribution is 1.96. The van der Waals surface area contributed by atoms with Crippen LogP contribution in [-0.4, -0.2) is 28.9 Å². The second-order valence-electron chi connectivity index (χ2n) is 3.76. The van der Waals surface area contributed by atoms with Crippen LogP contribution in [0.5, 0.6) is 0 Å². The van der Waals surface area contributed by atoms with E-state index in [0.717, 1.165) is 5.57 Å². The third kappa shape index (κ3) is 4.24. The Morgan fingerprint density at radius 3 is 2.82 bits per heavy atom. The van der Waals surface area contributed by atoms with E-state index >= 15 is 0 Å². The van der Waals surface area contributed by atoms with Crippen molar-refractivity contribution < 1.29 is 14.6 Å². The van der Waals surface area contributed by atoms with Crippen molar-refractivity contribution in [1.82, 2.24) is 4.57 Å². The highest BCUT2D eigenvalue weighted by atomic mass is 16.5. The number of carbonyl (C=O) groups is 1. The molecule has 1 heterocycles. The largest absolute Gasteiger partial charge is 0.478 e. The molecule has 0 saturated heterocycles. The fraction of sp³-hybridized carbons (Fsp3) is 0.333. The topological polar surface area (TPSA) is 68.5 Å². The van der Waals surface area contributed by atoms with Crippen LogP contribution < -0.4 is 5.56 Å². The third-order valence-electron chi connectivity index (χ3n) is 2.06. The van der Waals surface area contributed by atoms with Crippen molar-refractivity contribution in [2.24, 2.45) is 0 Å². The lowest BCUT2D eigenvalue weighted by molar-refractivity contribution is 0.0695. The molecule has 0 bridgehead atoms. The monoisotopic (exact) mass is 237 g/mol. The summed E-state index contributed by atoms with van der Waals surface area (Å²) >= 11 is 0. The van der Waals surface area contributed by atoms with Crippen LogP contribution in [0.2, 0.25) is 0 Å². The number of rotatable bonds is 6. The summed E-state index contributed by atoms with van der Waals surface area (Å²) in [7, 11) is 0. The molecular formula is C12H15NO4. The van der Waals surface area contributed by atoms with E-state index in [1.54, 1.807) is 0 Å². The summed E-state index contributed by atoms with van der Waals surface area (Å²) in [6.07, 6.45) is 1.31. The highest BCUT2D eigenvalue weighted by molar-refractivity contribution is 5.87. The number of hydrogen-bond acceptors (Lipinski definition) is 3. The van der Waals surface area contributed by atoms with E-state index in [-0.39, 0.29) is 11.1 Å². The van der Waals surface area contributed by atoms with Gasteiger partial charge in [-0.05, 0) is 13.0 Å². The molecule has 0 fully saturated rings. The average Bonchev–Trinajstić information content (AvgIpc) is 2.25. The molecule has 5 nitrogen and oxygen atoms in total. The van der Waals surface area contributed by atoms with E-state index in [9.17, 15) is 9.59 Å². The molecule has 0 aliphatic rings. The Kier molecular flexibility index (Phi) is 4.66. The molecule has 0 radical (unpaired) electrons. The number of pyridine rings is 1. The SMILES string of the molecule is C=C(C)COCCn1cc(C(=O)O)ccc1=O. The van der Waals surface area contributed by atoms with Crippen molar-refractivity contribution in [3.63, 3.8) is 0 Å². The zero-order chi connectivity index (χ0) is 12.8. The van der Waals surface area contributed by atoms with Crippen LogP contribution in [0.15, 0.2) is 35.3 Å². The molecule has 1 rings (SSSR count). The average molecular weight is 237 g/mol. The molecule has 5 heteroatoms. The Hall–Kier alpha value is -1.88. The number of aromatic nitrogens is 1. The van der Waals surface area contributed by atoms with Gasteiger partial charge in [-0.3, -0.25) is 4.79 Å². The van der Waals surface area contributed by atoms with Gasteiger partial charge >= 0.3 is 5.97 Å². The van der Waals surface area contributed by atoms with Gasteiger partial charge in [-0.25, -0.2) is 4.79 Å². The third-order valence-corrected chi connectivity index (χ3v) is 2.06. The van der Waals surface area contributed by atoms with Crippen LogP contribution >= 0.6 is 0 Å².